The first-order valence-corrected chi connectivity index (χ1v) is 7.65. The Morgan fingerprint density at radius 2 is 2.35 bits per heavy atom. The number of hydrogen-bond acceptors (Lipinski definition) is 6. The van der Waals surface area contributed by atoms with Crippen LogP contribution in [0.15, 0.2) is 5.16 Å². The maximum Gasteiger partial charge on any atom is 0.446 e. The second-order valence-corrected chi connectivity index (χ2v) is 6.99. The van der Waals surface area contributed by atoms with Crippen LogP contribution in [0.1, 0.15) is 0 Å². The number of carbonyl (C=O) groups excluding carboxylic acids is 1. The Bertz CT molecular complexity index is 306. The van der Waals surface area contributed by atoms with Gasteiger partial charge in [0.1, 0.15) is 5.04 Å². The first-order valence-electron chi connectivity index (χ1n) is 4.36. The number of alkyl halides is 3. The molecule has 1 rings (SSSR count). The summed E-state index contributed by atoms with van der Waals surface area (Å²) in [7, 11) is 1.13. The van der Waals surface area contributed by atoms with Crippen molar-refractivity contribution < 1.29 is 18.4 Å². The van der Waals surface area contributed by atoms with Gasteiger partial charge in [0.15, 0.2) is 0 Å². The van der Waals surface area contributed by atoms with Crippen LogP contribution in [-0.2, 0) is 4.84 Å². The fourth-order valence-corrected chi connectivity index (χ4v) is 3.63. The van der Waals surface area contributed by atoms with Crippen molar-refractivity contribution in [3.8, 4) is 0 Å². The summed E-state index contributed by atoms with van der Waals surface area (Å²) in [5.41, 5.74) is 0. The predicted octanol–water partition coefficient (Wildman–Crippen LogP) is 3.29. The van der Waals surface area contributed by atoms with Crippen molar-refractivity contribution in [2.75, 3.05) is 24.3 Å². The van der Waals surface area contributed by atoms with Gasteiger partial charge in [-0.25, -0.2) is 9.10 Å². The van der Waals surface area contributed by atoms with Crippen LogP contribution >= 0.6 is 47.1 Å². The lowest BCUT2D eigenvalue weighted by Crippen LogP contribution is -2.23. The Morgan fingerprint density at radius 3 is 2.88 bits per heavy atom. The molecule has 0 aromatic rings. The van der Waals surface area contributed by atoms with Crippen LogP contribution < -0.4 is 0 Å². The fourth-order valence-electron chi connectivity index (χ4n) is 0.812. The number of amides is 1. The zero-order chi connectivity index (χ0) is 12.9. The van der Waals surface area contributed by atoms with E-state index < -0.39 is 10.8 Å². The summed E-state index contributed by atoms with van der Waals surface area (Å²) in [6.07, 6.45) is -0.987. The van der Waals surface area contributed by atoms with E-state index >= 15 is 0 Å². The predicted molar refractivity (Wildman–Crippen MR) is 69.9 cm³/mol. The maximum atomic E-state index is 12.4. The largest absolute Gasteiger partial charge is 0.446 e. The lowest BCUT2D eigenvalue weighted by molar-refractivity contribution is 0.133. The zero-order valence-electron chi connectivity index (χ0n) is 8.69. The molecule has 0 bridgehead atoms. The monoisotopic (exact) mass is 322 g/mol. The molecular weight excluding hydrogens is 314 g/mol. The number of hydrogen-bond donors (Lipinski definition) is 0. The van der Waals surface area contributed by atoms with Gasteiger partial charge in [-0.05, 0) is 11.6 Å². The van der Waals surface area contributed by atoms with Crippen molar-refractivity contribution in [3.05, 3.63) is 0 Å². The average molecular weight is 323 g/mol. The van der Waals surface area contributed by atoms with E-state index in [2.05, 4.69) is 21.6 Å². The van der Waals surface area contributed by atoms with Gasteiger partial charge in [0.05, 0.1) is 0 Å². The minimum absolute atomic E-state index is 0.139. The van der Waals surface area contributed by atoms with Gasteiger partial charge in [0, 0.05) is 36.3 Å². The van der Waals surface area contributed by atoms with E-state index in [0.29, 0.717) is 15.1 Å². The SMILES string of the molecule is CN(SC(F)(F)Cl)C(=O)ON=C1CSCCS1. The minimum Gasteiger partial charge on any atom is -0.296 e. The fraction of sp³-hybridized carbons (Fsp3) is 0.714. The van der Waals surface area contributed by atoms with Crippen LogP contribution in [0.4, 0.5) is 13.6 Å². The summed E-state index contributed by atoms with van der Waals surface area (Å²) in [5.74, 6) is 2.58. The summed E-state index contributed by atoms with van der Waals surface area (Å²) in [6, 6.07) is 0. The Kier molecular flexibility index (Phi) is 6.18. The van der Waals surface area contributed by atoms with Crippen molar-refractivity contribution in [1.82, 2.24) is 4.31 Å². The molecule has 0 radical (unpaired) electrons. The van der Waals surface area contributed by atoms with Gasteiger partial charge in [-0.1, -0.05) is 5.16 Å². The Labute approximate surface area is 115 Å². The molecule has 1 aliphatic heterocycles. The van der Waals surface area contributed by atoms with E-state index in [1.807, 2.05) is 0 Å². The molecule has 0 aliphatic carbocycles. The second kappa shape index (κ2) is 6.91. The molecule has 0 aromatic carbocycles. The first-order chi connectivity index (χ1) is 7.88. The molecule has 0 aromatic heterocycles. The number of rotatable bonds is 3. The van der Waals surface area contributed by atoms with Crippen molar-refractivity contribution >= 4 is 58.2 Å². The second-order valence-electron chi connectivity index (χ2n) is 2.78. The van der Waals surface area contributed by atoms with Crippen molar-refractivity contribution in [1.29, 1.82) is 0 Å². The normalized spacial score (nSPS) is 19.2. The highest BCUT2D eigenvalue weighted by atomic mass is 35.5. The van der Waals surface area contributed by atoms with Gasteiger partial charge >= 0.3 is 10.8 Å². The molecule has 4 nitrogen and oxygen atoms in total. The Morgan fingerprint density at radius 1 is 1.65 bits per heavy atom. The molecule has 98 valence electrons. The third-order valence-corrected chi connectivity index (χ3v) is 4.65. The molecule has 1 fully saturated rings. The third-order valence-electron chi connectivity index (χ3n) is 1.44. The molecule has 0 unspecified atom stereocenters. The summed E-state index contributed by atoms with van der Waals surface area (Å²) in [5, 5.41) is 4.27. The highest BCUT2D eigenvalue weighted by molar-refractivity contribution is 8.18. The molecule has 1 saturated heterocycles. The molecule has 1 heterocycles. The van der Waals surface area contributed by atoms with Gasteiger partial charge in [-0.2, -0.15) is 20.5 Å². The van der Waals surface area contributed by atoms with Crippen LogP contribution in [0.25, 0.3) is 0 Å². The highest BCUT2D eigenvalue weighted by Crippen LogP contribution is 2.35. The number of thioether (sulfide) groups is 2. The lowest BCUT2D eigenvalue weighted by atomic mass is 10.9. The number of nitrogens with zero attached hydrogens (tertiary/aromatic N) is 2. The highest BCUT2D eigenvalue weighted by Gasteiger charge is 2.31. The van der Waals surface area contributed by atoms with Crippen LogP contribution in [0.2, 0.25) is 0 Å². The average Bonchev–Trinajstić information content (AvgIpc) is 2.25. The van der Waals surface area contributed by atoms with Gasteiger partial charge in [-0.3, -0.25) is 4.84 Å². The topological polar surface area (TPSA) is 41.9 Å². The van der Waals surface area contributed by atoms with E-state index in [1.165, 1.54) is 11.8 Å². The van der Waals surface area contributed by atoms with Gasteiger partial charge in [-0.15, -0.1) is 11.8 Å². The first kappa shape index (κ1) is 15.2. The quantitative estimate of drug-likeness (QED) is 0.345. The van der Waals surface area contributed by atoms with Crippen molar-refractivity contribution in [2.24, 2.45) is 5.16 Å². The molecular formula is C7H9ClF2N2O2S3. The van der Waals surface area contributed by atoms with Gasteiger partial charge < -0.3 is 0 Å². The molecule has 1 amide bonds. The van der Waals surface area contributed by atoms with Crippen molar-refractivity contribution in [3.63, 3.8) is 0 Å². The summed E-state index contributed by atoms with van der Waals surface area (Å²) < 4.78 is 21.8. The number of carbonyl (C=O) groups is 1. The number of halogens is 3. The van der Waals surface area contributed by atoms with E-state index in [4.69, 9.17) is 0 Å². The summed E-state index contributed by atoms with van der Waals surface area (Å²) >= 11 is 7.67. The van der Waals surface area contributed by atoms with Crippen molar-refractivity contribution in [2.45, 2.75) is 4.71 Å². The van der Waals surface area contributed by atoms with E-state index in [-0.39, 0.29) is 11.9 Å². The van der Waals surface area contributed by atoms with Crippen LogP contribution in [0.3, 0.4) is 0 Å². The van der Waals surface area contributed by atoms with E-state index in [0.717, 1.165) is 18.6 Å². The molecule has 0 N–H and O–H groups in total. The zero-order valence-corrected chi connectivity index (χ0v) is 11.9. The Hall–Kier alpha value is 0.140. The molecule has 0 spiro atoms. The summed E-state index contributed by atoms with van der Waals surface area (Å²) in [6.45, 7) is 0. The maximum absolute atomic E-state index is 12.4. The van der Waals surface area contributed by atoms with Crippen LogP contribution in [-0.4, -0.2) is 44.5 Å². The summed E-state index contributed by atoms with van der Waals surface area (Å²) in [4.78, 5) is 15.7. The van der Waals surface area contributed by atoms with Gasteiger partial charge in [0.25, 0.3) is 0 Å². The molecule has 0 atom stereocenters. The lowest BCUT2D eigenvalue weighted by Gasteiger charge is -2.16. The smallest absolute Gasteiger partial charge is 0.296 e. The standard InChI is InChI=1S/C7H9ClF2N2O2S3/c1-12(17-7(8,9)10)6(13)14-11-5-4-15-2-3-16-5/h2-4H2,1H3. The third kappa shape index (κ3) is 6.58. The molecule has 17 heavy (non-hydrogen) atoms. The van der Waals surface area contributed by atoms with Gasteiger partial charge in [0.2, 0.25) is 0 Å². The number of oxime groups is 1. The van der Waals surface area contributed by atoms with E-state index in [1.54, 1.807) is 11.8 Å². The molecule has 1 aliphatic rings. The van der Waals surface area contributed by atoms with Crippen LogP contribution in [0.5, 0.6) is 0 Å². The van der Waals surface area contributed by atoms with Crippen LogP contribution in [0, 0.1) is 0 Å². The molecule has 0 saturated carbocycles. The minimum atomic E-state index is -3.55. The van der Waals surface area contributed by atoms with E-state index in [9.17, 15) is 13.6 Å². The molecule has 10 heteroatoms. The Balaban J connectivity index is 2.38.